The molecule has 1 aliphatic heterocycles. The number of carbonyl (C=O) groups is 1. The minimum atomic E-state index is -0.0349. The van der Waals surface area contributed by atoms with E-state index in [2.05, 4.69) is 20.0 Å². The molecule has 1 aromatic carbocycles. The number of benzene rings is 1. The van der Waals surface area contributed by atoms with E-state index in [1.165, 1.54) is 0 Å². The lowest BCUT2D eigenvalue weighted by atomic mass is 10.1. The van der Waals surface area contributed by atoms with E-state index in [0.29, 0.717) is 5.56 Å². The van der Waals surface area contributed by atoms with Crippen molar-refractivity contribution in [2.75, 3.05) is 0 Å². The number of hydrogen-bond acceptors (Lipinski definition) is 3. The highest BCUT2D eigenvalue weighted by atomic mass is 16.1. The summed E-state index contributed by atoms with van der Waals surface area (Å²) in [6.07, 6.45) is 7.48. The average Bonchev–Trinajstić information content (AvgIpc) is 3.23. The second-order valence-electron chi connectivity index (χ2n) is 6.16. The van der Waals surface area contributed by atoms with Crippen LogP contribution in [-0.2, 0) is 13.0 Å². The molecule has 0 saturated carbocycles. The Morgan fingerprint density at radius 1 is 1.29 bits per heavy atom. The van der Waals surface area contributed by atoms with Crippen molar-refractivity contribution < 1.29 is 4.79 Å². The van der Waals surface area contributed by atoms with Crippen LogP contribution in [0.4, 0.5) is 0 Å². The van der Waals surface area contributed by atoms with Crippen molar-refractivity contribution in [1.29, 1.82) is 0 Å². The monoisotopic (exact) mass is 321 g/mol. The fraction of sp³-hybridized carbons (Fsp3) is 0.278. The van der Waals surface area contributed by atoms with Crippen LogP contribution in [0.3, 0.4) is 0 Å². The molecule has 0 radical (unpaired) electrons. The Balaban J connectivity index is 1.43. The highest BCUT2D eigenvalue weighted by Crippen LogP contribution is 2.16. The van der Waals surface area contributed by atoms with Gasteiger partial charge in [-0.05, 0) is 43.7 Å². The van der Waals surface area contributed by atoms with E-state index in [1.807, 2.05) is 49.6 Å². The summed E-state index contributed by atoms with van der Waals surface area (Å²) in [4.78, 5) is 17.0. The summed E-state index contributed by atoms with van der Waals surface area (Å²) in [5.74, 6) is 1.08. The molecule has 122 valence electrons. The van der Waals surface area contributed by atoms with Gasteiger partial charge in [0.1, 0.15) is 5.82 Å². The third-order valence-corrected chi connectivity index (χ3v) is 4.35. The average molecular weight is 321 g/mol. The molecular weight excluding hydrogens is 302 g/mol. The van der Waals surface area contributed by atoms with Crippen LogP contribution in [0, 0.1) is 6.92 Å². The summed E-state index contributed by atoms with van der Waals surface area (Å²) in [7, 11) is 0. The second kappa shape index (κ2) is 5.96. The quantitative estimate of drug-likeness (QED) is 0.803. The van der Waals surface area contributed by atoms with Gasteiger partial charge in [-0.1, -0.05) is 0 Å². The van der Waals surface area contributed by atoms with Crippen LogP contribution in [-0.4, -0.2) is 31.3 Å². The Bertz CT molecular complexity index is 848. The highest BCUT2D eigenvalue weighted by Gasteiger charge is 2.21. The number of imidazole rings is 1. The maximum Gasteiger partial charge on any atom is 0.251 e. The number of amides is 1. The van der Waals surface area contributed by atoms with Gasteiger partial charge >= 0.3 is 0 Å². The van der Waals surface area contributed by atoms with Gasteiger partial charge in [0.05, 0.1) is 11.4 Å². The predicted octanol–water partition coefficient (Wildman–Crippen LogP) is 2.12. The van der Waals surface area contributed by atoms with Crippen LogP contribution >= 0.6 is 0 Å². The molecule has 0 bridgehead atoms. The Kier molecular flexibility index (Phi) is 3.65. The normalized spacial score (nSPS) is 16.6. The lowest BCUT2D eigenvalue weighted by Gasteiger charge is -2.24. The molecule has 24 heavy (non-hydrogen) atoms. The van der Waals surface area contributed by atoms with Gasteiger partial charge in [0, 0.05) is 43.2 Å². The molecule has 3 heterocycles. The van der Waals surface area contributed by atoms with Gasteiger partial charge in [-0.15, -0.1) is 0 Å². The molecule has 1 atom stereocenters. The van der Waals surface area contributed by atoms with E-state index in [4.69, 9.17) is 0 Å². The smallest absolute Gasteiger partial charge is 0.251 e. The molecule has 1 N–H and O–H groups in total. The molecule has 0 saturated heterocycles. The van der Waals surface area contributed by atoms with Crippen LogP contribution < -0.4 is 5.32 Å². The van der Waals surface area contributed by atoms with E-state index < -0.39 is 0 Å². The number of nitrogens with zero attached hydrogens (tertiary/aromatic N) is 4. The summed E-state index contributed by atoms with van der Waals surface area (Å²) in [6.45, 7) is 2.79. The minimum absolute atomic E-state index is 0.0349. The van der Waals surface area contributed by atoms with Crippen LogP contribution in [0.5, 0.6) is 0 Å². The number of rotatable bonds is 3. The molecule has 0 spiro atoms. The van der Waals surface area contributed by atoms with Gasteiger partial charge in [0.15, 0.2) is 0 Å². The molecule has 2 aromatic heterocycles. The first-order valence-electron chi connectivity index (χ1n) is 8.12. The van der Waals surface area contributed by atoms with Crippen molar-refractivity contribution in [3.8, 4) is 5.69 Å². The number of aromatic nitrogens is 4. The lowest BCUT2D eigenvalue weighted by Crippen LogP contribution is -2.40. The zero-order chi connectivity index (χ0) is 16.5. The molecule has 0 unspecified atom stereocenters. The van der Waals surface area contributed by atoms with Crippen LogP contribution in [0.15, 0.2) is 48.9 Å². The van der Waals surface area contributed by atoms with Crippen LogP contribution in [0.2, 0.25) is 0 Å². The van der Waals surface area contributed by atoms with Gasteiger partial charge < -0.3 is 9.88 Å². The molecule has 1 aliphatic rings. The zero-order valence-corrected chi connectivity index (χ0v) is 13.5. The molecule has 1 amide bonds. The first kappa shape index (κ1) is 14.7. The minimum Gasteiger partial charge on any atom is -0.347 e. The van der Waals surface area contributed by atoms with Gasteiger partial charge in [0.2, 0.25) is 0 Å². The largest absolute Gasteiger partial charge is 0.347 e. The predicted molar refractivity (Wildman–Crippen MR) is 90.1 cm³/mol. The standard InChI is InChI=1S/C18H19N5O/c1-13-11-22-12-15(5-8-17(22)20-13)21-18(24)14-3-6-16(7-4-14)23-10-2-9-19-23/h2-4,6-7,9-11,15H,5,8,12H2,1H3,(H,21,24)/t15-/m0/s1. The fourth-order valence-corrected chi connectivity index (χ4v) is 3.16. The third kappa shape index (κ3) is 2.82. The Morgan fingerprint density at radius 3 is 2.88 bits per heavy atom. The van der Waals surface area contributed by atoms with E-state index in [1.54, 1.807) is 10.9 Å². The molecule has 0 aliphatic carbocycles. The van der Waals surface area contributed by atoms with Crippen molar-refractivity contribution in [1.82, 2.24) is 24.6 Å². The van der Waals surface area contributed by atoms with Gasteiger partial charge in [-0.2, -0.15) is 5.10 Å². The summed E-state index contributed by atoms with van der Waals surface area (Å²) < 4.78 is 3.91. The number of hydrogen-bond donors (Lipinski definition) is 1. The molecule has 6 heteroatoms. The van der Waals surface area contributed by atoms with Crippen molar-refractivity contribution in [3.63, 3.8) is 0 Å². The maximum atomic E-state index is 12.5. The summed E-state index contributed by atoms with van der Waals surface area (Å²) in [6, 6.07) is 9.49. The lowest BCUT2D eigenvalue weighted by molar-refractivity contribution is 0.0927. The molecule has 3 aromatic rings. The van der Waals surface area contributed by atoms with Crippen molar-refractivity contribution in [3.05, 3.63) is 66.0 Å². The van der Waals surface area contributed by atoms with Gasteiger partial charge in [0.25, 0.3) is 5.91 Å². The van der Waals surface area contributed by atoms with Gasteiger partial charge in [-0.25, -0.2) is 9.67 Å². The first-order valence-corrected chi connectivity index (χ1v) is 8.12. The number of fused-ring (bicyclic) bond motifs is 1. The van der Waals surface area contributed by atoms with Crippen LogP contribution in [0.1, 0.15) is 28.3 Å². The van der Waals surface area contributed by atoms with Crippen molar-refractivity contribution >= 4 is 5.91 Å². The molecule has 6 nitrogen and oxygen atoms in total. The Hall–Kier alpha value is -2.89. The van der Waals surface area contributed by atoms with Crippen LogP contribution in [0.25, 0.3) is 5.69 Å². The maximum absolute atomic E-state index is 12.5. The third-order valence-electron chi connectivity index (χ3n) is 4.35. The number of nitrogens with one attached hydrogen (secondary N) is 1. The van der Waals surface area contributed by atoms with E-state index in [9.17, 15) is 4.79 Å². The number of aryl methyl sites for hydroxylation is 2. The Labute approximate surface area is 140 Å². The van der Waals surface area contributed by atoms with Crippen molar-refractivity contribution in [2.45, 2.75) is 32.4 Å². The van der Waals surface area contributed by atoms with E-state index in [-0.39, 0.29) is 11.9 Å². The summed E-state index contributed by atoms with van der Waals surface area (Å²) in [5.41, 5.74) is 2.64. The second-order valence-corrected chi connectivity index (χ2v) is 6.16. The van der Waals surface area contributed by atoms with Crippen molar-refractivity contribution in [2.24, 2.45) is 0 Å². The van der Waals surface area contributed by atoms with Gasteiger partial charge in [-0.3, -0.25) is 4.79 Å². The molecular formula is C18H19N5O. The van der Waals surface area contributed by atoms with E-state index in [0.717, 1.165) is 36.6 Å². The number of carbonyl (C=O) groups excluding carboxylic acids is 1. The SMILES string of the molecule is Cc1cn2c(n1)CC[C@H](NC(=O)c1ccc(-n3cccn3)cc1)C2. The highest BCUT2D eigenvalue weighted by molar-refractivity contribution is 5.94. The fourth-order valence-electron chi connectivity index (χ4n) is 3.16. The van der Waals surface area contributed by atoms with E-state index >= 15 is 0 Å². The summed E-state index contributed by atoms with van der Waals surface area (Å²) in [5, 5.41) is 7.31. The topological polar surface area (TPSA) is 64.7 Å². The Morgan fingerprint density at radius 2 is 2.12 bits per heavy atom. The molecule has 4 rings (SSSR count). The zero-order valence-electron chi connectivity index (χ0n) is 13.5. The first-order chi connectivity index (χ1) is 11.7. The summed E-state index contributed by atoms with van der Waals surface area (Å²) >= 11 is 0. The molecule has 0 fully saturated rings.